The third-order valence-corrected chi connectivity index (χ3v) is 3.07. The van der Waals surface area contributed by atoms with Crippen LogP contribution >= 0.6 is 0 Å². The van der Waals surface area contributed by atoms with Gasteiger partial charge < -0.3 is 5.32 Å². The van der Waals surface area contributed by atoms with Gasteiger partial charge in [0.05, 0.1) is 0 Å². The molecule has 1 saturated heterocycles. The lowest BCUT2D eigenvalue weighted by Gasteiger charge is -2.17. The number of hydrogen-bond donors (Lipinski definition) is 1. The summed E-state index contributed by atoms with van der Waals surface area (Å²) >= 11 is 0. The van der Waals surface area contributed by atoms with Crippen LogP contribution in [0.15, 0.2) is 12.1 Å². The van der Waals surface area contributed by atoms with Crippen LogP contribution in [0.25, 0.3) is 0 Å². The van der Waals surface area contributed by atoms with Gasteiger partial charge in [0, 0.05) is 24.1 Å². The van der Waals surface area contributed by atoms with Crippen molar-refractivity contribution >= 4 is 0 Å². The second-order valence-corrected chi connectivity index (χ2v) is 3.75. The Balaban J connectivity index is 2.30. The van der Waals surface area contributed by atoms with Gasteiger partial charge in [-0.3, -0.25) is 0 Å². The van der Waals surface area contributed by atoms with Crippen molar-refractivity contribution in [1.82, 2.24) is 5.32 Å². The van der Waals surface area contributed by atoms with Crippen molar-refractivity contribution in [3.05, 3.63) is 34.9 Å². The van der Waals surface area contributed by atoms with Crippen molar-refractivity contribution in [2.75, 3.05) is 6.54 Å². The van der Waals surface area contributed by atoms with Gasteiger partial charge in [-0.05, 0) is 24.1 Å². The molecular formula is C10H9F2N. The molecule has 0 radical (unpaired) electrons. The van der Waals surface area contributed by atoms with Gasteiger partial charge in [-0.15, -0.1) is 0 Å². The van der Waals surface area contributed by atoms with Crippen LogP contribution in [0.1, 0.15) is 29.5 Å². The first-order chi connectivity index (χ1) is 6.27. The number of rotatable bonds is 0. The van der Waals surface area contributed by atoms with E-state index in [2.05, 4.69) is 5.32 Å². The van der Waals surface area contributed by atoms with E-state index in [4.69, 9.17) is 0 Å². The second-order valence-electron chi connectivity index (χ2n) is 3.75. The monoisotopic (exact) mass is 181 g/mol. The number of halogens is 2. The molecule has 1 heterocycles. The van der Waals surface area contributed by atoms with Gasteiger partial charge in [0.2, 0.25) is 0 Å². The topological polar surface area (TPSA) is 12.0 Å². The Morgan fingerprint density at radius 3 is 2.54 bits per heavy atom. The summed E-state index contributed by atoms with van der Waals surface area (Å²) in [5.41, 5.74) is 1.18. The Morgan fingerprint density at radius 2 is 1.85 bits per heavy atom. The van der Waals surface area contributed by atoms with E-state index in [1.165, 1.54) is 12.1 Å². The fourth-order valence-electron chi connectivity index (χ4n) is 2.53. The van der Waals surface area contributed by atoms with Crippen molar-refractivity contribution in [3.8, 4) is 0 Å². The fourth-order valence-corrected chi connectivity index (χ4v) is 2.53. The van der Waals surface area contributed by atoms with Crippen LogP contribution in [0.5, 0.6) is 0 Å². The predicted molar refractivity (Wildman–Crippen MR) is 44.5 cm³/mol. The number of nitrogens with one attached hydrogen (secondary N) is 1. The lowest BCUT2D eigenvalue weighted by atomic mass is 9.99. The van der Waals surface area contributed by atoms with E-state index >= 15 is 0 Å². The molecule has 2 atom stereocenters. The highest BCUT2D eigenvalue weighted by atomic mass is 19.1. The molecule has 1 nitrogen and oxygen atoms in total. The fraction of sp³-hybridized carbons (Fsp3) is 0.400. The Morgan fingerprint density at radius 1 is 1.15 bits per heavy atom. The third kappa shape index (κ3) is 0.826. The molecule has 0 saturated carbocycles. The SMILES string of the molecule is Fc1ccc(F)c2c1C1CNC2C1. The highest BCUT2D eigenvalue weighted by Gasteiger charge is 2.40. The van der Waals surface area contributed by atoms with E-state index in [-0.39, 0.29) is 23.6 Å². The largest absolute Gasteiger partial charge is 0.309 e. The summed E-state index contributed by atoms with van der Waals surface area (Å²) in [6, 6.07) is 2.50. The molecule has 3 heteroatoms. The maximum atomic E-state index is 13.3. The highest BCUT2D eigenvalue weighted by Crippen LogP contribution is 2.46. The summed E-state index contributed by atoms with van der Waals surface area (Å²) in [5.74, 6) is -0.322. The normalized spacial score (nSPS) is 29.4. The highest BCUT2D eigenvalue weighted by molar-refractivity contribution is 5.42. The van der Waals surface area contributed by atoms with Crippen LogP contribution in [0, 0.1) is 11.6 Å². The van der Waals surface area contributed by atoms with Crippen LogP contribution < -0.4 is 5.32 Å². The molecule has 1 aromatic rings. The van der Waals surface area contributed by atoms with E-state index in [0.29, 0.717) is 11.1 Å². The minimum atomic E-state index is -0.267. The molecule has 3 rings (SSSR count). The van der Waals surface area contributed by atoms with Crippen LogP contribution in [0.4, 0.5) is 8.78 Å². The Labute approximate surface area is 74.8 Å². The summed E-state index contributed by atoms with van der Waals surface area (Å²) in [5, 5.41) is 3.17. The first kappa shape index (κ1) is 7.44. The Bertz CT molecular complexity index is 340. The molecule has 2 aliphatic rings. The summed E-state index contributed by atoms with van der Waals surface area (Å²) in [7, 11) is 0. The van der Waals surface area contributed by atoms with E-state index in [0.717, 1.165) is 13.0 Å². The molecule has 68 valence electrons. The van der Waals surface area contributed by atoms with Crippen molar-refractivity contribution in [2.24, 2.45) is 0 Å². The van der Waals surface area contributed by atoms with E-state index < -0.39 is 0 Å². The summed E-state index contributed by atoms with van der Waals surface area (Å²) in [6.07, 6.45) is 0.854. The summed E-state index contributed by atoms with van der Waals surface area (Å²) in [4.78, 5) is 0. The molecule has 2 bridgehead atoms. The van der Waals surface area contributed by atoms with Gasteiger partial charge in [0.25, 0.3) is 0 Å². The predicted octanol–water partition coefficient (Wildman–Crippen LogP) is 2.10. The van der Waals surface area contributed by atoms with Gasteiger partial charge >= 0.3 is 0 Å². The smallest absolute Gasteiger partial charge is 0.128 e. The van der Waals surface area contributed by atoms with Crippen molar-refractivity contribution in [3.63, 3.8) is 0 Å². The minimum Gasteiger partial charge on any atom is -0.309 e. The van der Waals surface area contributed by atoms with Crippen molar-refractivity contribution in [2.45, 2.75) is 18.4 Å². The van der Waals surface area contributed by atoms with Gasteiger partial charge in [-0.2, -0.15) is 0 Å². The third-order valence-electron chi connectivity index (χ3n) is 3.07. The van der Waals surface area contributed by atoms with Gasteiger partial charge in [0.15, 0.2) is 0 Å². The molecule has 0 aromatic heterocycles. The summed E-state index contributed by atoms with van der Waals surface area (Å²) in [6.45, 7) is 0.790. The molecule has 1 N–H and O–H groups in total. The molecule has 1 aliphatic carbocycles. The second kappa shape index (κ2) is 2.29. The molecular weight excluding hydrogens is 172 g/mol. The van der Waals surface area contributed by atoms with Gasteiger partial charge in [-0.1, -0.05) is 0 Å². The zero-order chi connectivity index (χ0) is 9.00. The van der Waals surface area contributed by atoms with Gasteiger partial charge in [0.1, 0.15) is 11.6 Å². The quantitative estimate of drug-likeness (QED) is 0.646. The lowest BCUT2D eigenvalue weighted by molar-refractivity contribution is 0.536. The number of benzene rings is 1. The molecule has 0 amide bonds. The molecule has 13 heavy (non-hydrogen) atoms. The van der Waals surface area contributed by atoms with Gasteiger partial charge in [-0.25, -0.2) is 8.78 Å². The molecule has 1 fully saturated rings. The minimum absolute atomic E-state index is 0.0516. The Kier molecular flexibility index (Phi) is 1.31. The molecule has 2 unspecified atom stereocenters. The molecule has 0 spiro atoms. The van der Waals surface area contributed by atoms with Crippen LogP contribution in [0.3, 0.4) is 0 Å². The average Bonchev–Trinajstić information content (AvgIpc) is 2.70. The van der Waals surface area contributed by atoms with Crippen molar-refractivity contribution < 1.29 is 8.78 Å². The van der Waals surface area contributed by atoms with Crippen LogP contribution in [-0.4, -0.2) is 6.54 Å². The maximum Gasteiger partial charge on any atom is 0.128 e. The number of hydrogen-bond acceptors (Lipinski definition) is 1. The average molecular weight is 181 g/mol. The van der Waals surface area contributed by atoms with Crippen LogP contribution in [0.2, 0.25) is 0 Å². The molecule has 1 aliphatic heterocycles. The van der Waals surface area contributed by atoms with E-state index in [1.54, 1.807) is 0 Å². The number of fused-ring (bicyclic) bond motifs is 5. The first-order valence-electron chi connectivity index (χ1n) is 4.48. The maximum absolute atomic E-state index is 13.3. The van der Waals surface area contributed by atoms with Crippen molar-refractivity contribution in [1.29, 1.82) is 0 Å². The molecule has 1 aromatic carbocycles. The zero-order valence-electron chi connectivity index (χ0n) is 6.98. The Hall–Kier alpha value is -0.960. The standard InChI is InChI=1S/C10H9F2N/c11-6-1-2-7(12)10-8-3-5(4-13-8)9(6)10/h1-2,5,8,13H,3-4H2. The summed E-state index contributed by atoms with van der Waals surface area (Å²) < 4.78 is 26.7. The van der Waals surface area contributed by atoms with E-state index in [1.807, 2.05) is 0 Å². The first-order valence-corrected chi connectivity index (χ1v) is 4.48. The van der Waals surface area contributed by atoms with E-state index in [9.17, 15) is 8.78 Å². The van der Waals surface area contributed by atoms with Crippen LogP contribution in [-0.2, 0) is 0 Å². The lowest BCUT2D eigenvalue weighted by Crippen LogP contribution is -2.21. The zero-order valence-corrected chi connectivity index (χ0v) is 6.98.